The predicted octanol–water partition coefficient (Wildman–Crippen LogP) is 6.04. The van der Waals surface area contributed by atoms with Crippen LogP contribution in [0, 0.1) is 13.8 Å². The van der Waals surface area contributed by atoms with Crippen molar-refractivity contribution in [2.24, 2.45) is 0 Å². The lowest BCUT2D eigenvalue weighted by Crippen LogP contribution is -2.22. The molecule has 2 rings (SSSR count). The molecule has 0 aliphatic rings. The van der Waals surface area contributed by atoms with E-state index in [2.05, 4.69) is 70.1 Å². The summed E-state index contributed by atoms with van der Waals surface area (Å²) in [5.74, 6) is 0. The zero-order chi connectivity index (χ0) is 14.0. The molecule has 0 spiro atoms. The van der Waals surface area contributed by atoms with E-state index in [0.717, 1.165) is 13.0 Å². The average Bonchev–Trinajstić information content (AvgIpc) is 2.84. The molecular weight excluding hydrogens is 406 g/mol. The van der Waals surface area contributed by atoms with Gasteiger partial charge in [-0.2, -0.15) is 0 Å². The first kappa shape index (κ1) is 15.7. The summed E-state index contributed by atoms with van der Waals surface area (Å²) in [6, 6.07) is 4.81. The standard InChI is InChI=1S/C14H17Br2NS2/c1-4-5-17-13(10-7-12(15)19-14(10)16)11-6-8(2)9(3)18-11/h6-7,13,17H,4-5H2,1-3H3. The largest absolute Gasteiger partial charge is 0.306 e. The first-order valence-corrected chi connectivity index (χ1v) is 9.49. The Balaban J connectivity index is 2.38. The van der Waals surface area contributed by atoms with E-state index in [1.54, 1.807) is 11.3 Å². The molecule has 0 bridgehead atoms. The molecule has 1 N–H and O–H groups in total. The van der Waals surface area contributed by atoms with Crippen LogP contribution in [-0.2, 0) is 0 Å². The number of hydrogen-bond acceptors (Lipinski definition) is 3. The molecule has 0 aliphatic carbocycles. The van der Waals surface area contributed by atoms with E-state index in [0.29, 0.717) is 0 Å². The van der Waals surface area contributed by atoms with Gasteiger partial charge in [0.1, 0.15) is 0 Å². The highest BCUT2D eigenvalue weighted by Gasteiger charge is 2.20. The molecule has 0 fully saturated rings. The lowest BCUT2D eigenvalue weighted by molar-refractivity contribution is 0.605. The van der Waals surface area contributed by atoms with E-state index < -0.39 is 0 Å². The average molecular weight is 423 g/mol. The summed E-state index contributed by atoms with van der Waals surface area (Å²) in [6.07, 6.45) is 1.14. The zero-order valence-electron chi connectivity index (χ0n) is 11.2. The van der Waals surface area contributed by atoms with Gasteiger partial charge in [0.15, 0.2) is 0 Å². The van der Waals surface area contributed by atoms with E-state index in [-0.39, 0.29) is 6.04 Å². The van der Waals surface area contributed by atoms with E-state index in [1.807, 2.05) is 11.3 Å². The van der Waals surface area contributed by atoms with Crippen LogP contribution in [-0.4, -0.2) is 6.54 Å². The van der Waals surface area contributed by atoms with Crippen LogP contribution in [0.3, 0.4) is 0 Å². The number of aryl methyl sites for hydroxylation is 2. The van der Waals surface area contributed by atoms with Crippen LogP contribution < -0.4 is 5.32 Å². The van der Waals surface area contributed by atoms with Gasteiger partial charge in [-0.15, -0.1) is 22.7 Å². The molecular formula is C14H17Br2NS2. The molecule has 0 saturated heterocycles. The fourth-order valence-electron chi connectivity index (χ4n) is 1.95. The van der Waals surface area contributed by atoms with Crippen LogP contribution in [0.2, 0.25) is 0 Å². The third-order valence-electron chi connectivity index (χ3n) is 3.06. The third kappa shape index (κ3) is 3.70. The van der Waals surface area contributed by atoms with Crippen LogP contribution in [0.25, 0.3) is 0 Å². The predicted molar refractivity (Wildman–Crippen MR) is 93.6 cm³/mol. The number of rotatable bonds is 5. The van der Waals surface area contributed by atoms with Gasteiger partial charge in [0.25, 0.3) is 0 Å². The Morgan fingerprint density at radius 1 is 1.21 bits per heavy atom. The molecule has 2 aromatic rings. The molecule has 104 valence electrons. The van der Waals surface area contributed by atoms with Crippen LogP contribution >= 0.6 is 54.5 Å². The van der Waals surface area contributed by atoms with Gasteiger partial charge < -0.3 is 5.32 Å². The van der Waals surface area contributed by atoms with Crippen molar-refractivity contribution in [1.29, 1.82) is 0 Å². The number of hydrogen-bond donors (Lipinski definition) is 1. The Morgan fingerprint density at radius 3 is 2.42 bits per heavy atom. The maximum Gasteiger partial charge on any atom is 0.0762 e. The summed E-state index contributed by atoms with van der Waals surface area (Å²) in [5, 5.41) is 3.66. The Morgan fingerprint density at radius 2 is 1.95 bits per heavy atom. The fraction of sp³-hybridized carbons (Fsp3) is 0.429. The Kier molecular flexibility index (Phi) is 5.66. The Bertz CT molecular complexity index is 540. The van der Waals surface area contributed by atoms with Gasteiger partial charge in [-0.25, -0.2) is 0 Å². The minimum absolute atomic E-state index is 0.286. The molecule has 19 heavy (non-hydrogen) atoms. The second kappa shape index (κ2) is 6.85. The van der Waals surface area contributed by atoms with Crippen molar-refractivity contribution < 1.29 is 0 Å². The Hall–Kier alpha value is 0.320. The summed E-state index contributed by atoms with van der Waals surface area (Å²) in [5.41, 5.74) is 2.71. The van der Waals surface area contributed by atoms with Crippen molar-refractivity contribution in [3.8, 4) is 0 Å². The van der Waals surface area contributed by atoms with Crippen molar-refractivity contribution in [3.05, 3.63) is 40.6 Å². The second-order valence-corrected chi connectivity index (χ2v) is 9.59. The number of nitrogens with one attached hydrogen (secondary N) is 1. The maximum atomic E-state index is 3.69. The van der Waals surface area contributed by atoms with Gasteiger partial charge in [0, 0.05) is 15.3 Å². The first-order valence-electron chi connectivity index (χ1n) is 6.28. The van der Waals surface area contributed by atoms with Crippen molar-refractivity contribution in [1.82, 2.24) is 5.32 Å². The molecule has 2 heterocycles. The fourth-order valence-corrected chi connectivity index (χ4v) is 5.99. The topological polar surface area (TPSA) is 12.0 Å². The van der Waals surface area contributed by atoms with Crippen molar-refractivity contribution >= 4 is 54.5 Å². The van der Waals surface area contributed by atoms with Gasteiger partial charge in [-0.05, 0) is 76.4 Å². The maximum absolute atomic E-state index is 3.69. The molecule has 2 aromatic heterocycles. The van der Waals surface area contributed by atoms with Gasteiger partial charge in [0.2, 0.25) is 0 Å². The van der Waals surface area contributed by atoms with Crippen LogP contribution in [0.5, 0.6) is 0 Å². The normalized spacial score (nSPS) is 12.9. The number of thiophene rings is 2. The highest BCUT2D eigenvalue weighted by Crippen LogP contribution is 2.40. The van der Waals surface area contributed by atoms with E-state index in [4.69, 9.17) is 0 Å². The van der Waals surface area contributed by atoms with Crippen molar-refractivity contribution in [2.45, 2.75) is 33.2 Å². The van der Waals surface area contributed by atoms with Crippen LogP contribution in [0.1, 0.15) is 40.3 Å². The smallest absolute Gasteiger partial charge is 0.0762 e. The highest BCUT2D eigenvalue weighted by atomic mass is 79.9. The van der Waals surface area contributed by atoms with Gasteiger partial charge in [-0.1, -0.05) is 6.92 Å². The summed E-state index contributed by atoms with van der Waals surface area (Å²) in [6.45, 7) is 7.61. The van der Waals surface area contributed by atoms with Gasteiger partial charge >= 0.3 is 0 Å². The third-order valence-corrected chi connectivity index (χ3v) is 6.67. The molecule has 5 heteroatoms. The first-order chi connectivity index (χ1) is 9.02. The summed E-state index contributed by atoms with van der Waals surface area (Å²) >= 11 is 10.9. The second-order valence-electron chi connectivity index (χ2n) is 4.55. The summed E-state index contributed by atoms with van der Waals surface area (Å²) in [7, 11) is 0. The van der Waals surface area contributed by atoms with E-state index in [1.165, 1.54) is 28.5 Å². The van der Waals surface area contributed by atoms with Crippen molar-refractivity contribution in [2.75, 3.05) is 6.54 Å². The summed E-state index contributed by atoms with van der Waals surface area (Å²) in [4.78, 5) is 2.80. The minimum Gasteiger partial charge on any atom is -0.306 e. The minimum atomic E-state index is 0.286. The van der Waals surface area contributed by atoms with Crippen LogP contribution in [0.4, 0.5) is 0 Å². The van der Waals surface area contributed by atoms with Crippen molar-refractivity contribution in [3.63, 3.8) is 0 Å². The van der Waals surface area contributed by atoms with Crippen LogP contribution in [0.15, 0.2) is 19.7 Å². The molecule has 0 aliphatic heterocycles. The van der Waals surface area contributed by atoms with E-state index >= 15 is 0 Å². The number of halogens is 2. The highest BCUT2D eigenvalue weighted by molar-refractivity contribution is 9.12. The quantitative estimate of drug-likeness (QED) is 0.619. The van der Waals surface area contributed by atoms with Gasteiger partial charge in [-0.3, -0.25) is 0 Å². The monoisotopic (exact) mass is 421 g/mol. The molecule has 1 nitrogen and oxygen atoms in total. The molecule has 1 atom stereocenters. The zero-order valence-corrected chi connectivity index (χ0v) is 16.0. The lowest BCUT2D eigenvalue weighted by atomic mass is 10.1. The summed E-state index contributed by atoms with van der Waals surface area (Å²) < 4.78 is 2.37. The molecule has 1 unspecified atom stereocenters. The molecule has 0 radical (unpaired) electrons. The molecule has 0 aromatic carbocycles. The Labute approximate surface area is 139 Å². The van der Waals surface area contributed by atoms with E-state index in [9.17, 15) is 0 Å². The molecule has 0 saturated carbocycles. The lowest BCUT2D eigenvalue weighted by Gasteiger charge is -2.16. The molecule has 0 amide bonds. The SMILES string of the molecule is CCCNC(c1cc(C)c(C)s1)c1cc(Br)sc1Br. The van der Waals surface area contributed by atoms with Gasteiger partial charge in [0.05, 0.1) is 13.6 Å².